The first-order chi connectivity index (χ1) is 16.2. The normalized spacial score (nSPS) is 14.0. The average molecular weight is 443 g/mol. The van der Waals surface area contributed by atoms with Gasteiger partial charge in [-0.1, -0.05) is 18.2 Å². The predicted octanol–water partition coefficient (Wildman–Crippen LogP) is 2.65. The number of aryl methyl sites for hydroxylation is 1. The van der Waals surface area contributed by atoms with Crippen molar-refractivity contribution in [2.75, 3.05) is 42.9 Å². The number of hydrogen-bond donors (Lipinski definition) is 1. The van der Waals surface area contributed by atoms with Gasteiger partial charge in [-0.3, -0.25) is 9.78 Å². The smallest absolute Gasteiger partial charge is 0.254 e. The summed E-state index contributed by atoms with van der Waals surface area (Å²) >= 11 is 0. The molecular formula is C24H26N8O. The fraction of sp³-hybridized carbons (Fsp3) is 0.292. The molecule has 0 bridgehead atoms. The highest BCUT2D eigenvalue weighted by atomic mass is 16.2. The Morgan fingerprint density at radius 2 is 1.85 bits per heavy atom. The summed E-state index contributed by atoms with van der Waals surface area (Å²) in [5.41, 5.74) is 2.87. The maximum atomic E-state index is 12.8. The number of rotatable bonds is 6. The first-order valence-electron chi connectivity index (χ1n) is 11.1. The number of fused-ring (bicyclic) bond motifs is 1. The molecule has 3 aromatic heterocycles. The number of aromatic nitrogens is 5. The van der Waals surface area contributed by atoms with Crippen LogP contribution in [0.4, 0.5) is 11.5 Å². The van der Waals surface area contributed by atoms with Crippen LogP contribution in [0.1, 0.15) is 12.1 Å². The Morgan fingerprint density at radius 3 is 2.61 bits per heavy atom. The molecular weight excluding hydrogens is 416 g/mol. The number of nitrogens with zero attached hydrogens (tertiary/aromatic N) is 7. The van der Waals surface area contributed by atoms with Crippen molar-refractivity contribution in [2.24, 2.45) is 0 Å². The predicted molar refractivity (Wildman–Crippen MR) is 127 cm³/mol. The van der Waals surface area contributed by atoms with Gasteiger partial charge in [-0.15, -0.1) is 5.10 Å². The van der Waals surface area contributed by atoms with E-state index in [1.165, 1.54) is 5.69 Å². The van der Waals surface area contributed by atoms with E-state index < -0.39 is 0 Å². The van der Waals surface area contributed by atoms with E-state index in [1.807, 2.05) is 48.2 Å². The Bertz CT molecular complexity index is 1230. The van der Waals surface area contributed by atoms with Crippen LogP contribution in [-0.4, -0.2) is 68.1 Å². The number of piperazine rings is 1. The lowest BCUT2D eigenvalue weighted by Crippen LogP contribution is -2.49. The lowest BCUT2D eigenvalue weighted by molar-refractivity contribution is -0.131. The van der Waals surface area contributed by atoms with Crippen molar-refractivity contribution in [1.29, 1.82) is 0 Å². The topological polar surface area (TPSA) is 91.6 Å². The SMILES string of the molecule is Cc1cc(NCCC(=O)N2CCN(c3ccccc3)CC2)n2nc(-c3cccnc3)nc2n1. The average Bonchev–Trinajstić information content (AvgIpc) is 3.29. The van der Waals surface area contributed by atoms with Crippen molar-refractivity contribution in [3.05, 3.63) is 66.6 Å². The van der Waals surface area contributed by atoms with Crippen LogP contribution in [0.25, 0.3) is 17.2 Å². The molecule has 1 N–H and O–H groups in total. The van der Waals surface area contributed by atoms with E-state index in [0.717, 1.165) is 43.3 Å². The molecule has 0 saturated carbocycles. The molecule has 0 unspecified atom stereocenters. The summed E-state index contributed by atoms with van der Waals surface area (Å²) in [6.07, 6.45) is 3.86. The molecule has 9 nitrogen and oxygen atoms in total. The minimum atomic E-state index is 0.159. The second-order valence-electron chi connectivity index (χ2n) is 8.05. The molecule has 1 aromatic carbocycles. The van der Waals surface area contributed by atoms with Gasteiger partial charge in [0.05, 0.1) is 0 Å². The molecule has 5 rings (SSSR count). The zero-order valence-corrected chi connectivity index (χ0v) is 18.6. The maximum Gasteiger partial charge on any atom is 0.254 e. The van der Waals surface area contributed by atoms with Crippen molar-refractivity contribution >= 4 is 23.2 Å². The van der Waals surface area contributed by atoms with E-state index >= 15 is 0 Å². The van der Waals surface area contributed by atoms with Crippen LogP contribution in [-0.2, 0) is 4.79 Å². The Labute approximate surface area is 192 Å². The van der Waals surface area contributed by atoms with Crippen LogP contribution in [0.15, 0.2) is 60.9 Å². The Hall–Kier alpha value is -4.01. The Kier molecular flexibility index (Phi) is 5.84. The molecule has 0 atom stereocenters. The second kappa shape index (κ2) is 9.23. The summed E-state index contributed by atoms with van der Waals surface area (Å²) in [6, 6.07) is 16.0. The van der Waals surface area contributed by atoms with E-state index in [-0.39, 0.29) is 5.91 Å². The molecule has 0 radical (unpaired) electrons. The third-order valence-corrected chi connectivity index (χ3v) is 5.76. The number of nitrogens with one attached hydrogen (secondary N) is 1. The van der Waals surface area contributed by atoms with Crippen LogP contribution in [0.5, 0.6) is 0 Å². The van der Waals surface area contributed by atoms with Crippen molar-refractivity contribution in [2.45, 2.75) is 13.3 Å². The Balaban J connectivity index is 1.20. The van der Waals surface area contributed by atoms with Gasteiger partial charge >= 0.3 is 0 Å². The number of para-hydroxylation sites is 1. The standard InChI is InChI=1S/C24H26N8O/c1-18-16-21(32-24(27-18)28-23(29-32)19-6-5-10-25-17-19)26-11-9-22(33)31-14-12-30(13-15-31)20-7-3-2-4-8-20/h2-8,10,16-17,26H,9,11-15H2,1H3. The third-order valence-electron chi connectivity index (χ3n) is 5.76. The number of hydrogen-bond acceptors (Lipinski definition) is 7. The number of carbonyl (C=O) groups excluding carboxylic acids is 1. The molecule has 4 heterocycles. The lowest BCUT2D eigenvalue weighted by atomic mass is 10.2. The maximum absolute atomic E-state index is 12.8. The summed E-state index contributed by atoms with van der Waals surface area (Å²) in [4.78, 5) is 30.2. The first kappa shape index (κ1) is 20.9. The first-order valence-corrected chi connectivity index (χ1v) is 11.1. The second-order valence-corrected chi connectivity index (χ2v) is 8.05. The van der Waals surface area contributed by atoms with Crippen molar-refractivity contribution in [1.82, 2.24) is 29.5 Å². The minimum Gasteiger partial charge on any atom is -0.369 e. The van der Waals surface area contributed by atoms with Crippen molar-refractivity contribution < 1.29 is 4.79 Å². The van der Waals surface area contributed by atoms with Gasteiger partial charge in [0, 0.05) is 74.5 Å². The molecule has 33 heavy (non-hydrogen) atoms. The number of carbonyl (C=O) groups is 1. The van der Waals surface area contributed by atoms with E-state index in [0.29, 0.717) is 24.6 Å². The van der Waals surface area contributed by atoms with Crippen LogP contribution in [0, 0.1) is 6.92 Å². The van der Waals surface area contributed by atoms with Crippen LogP contribution in [0.3, 0.4) is 0 Å². The monoisotopic (exact) mass is 442 g/mol. The molecule has 9 heteroatoms. The van der Waals surface area contributed by atoms with Gasteiger partial charge in [-0.2, -0.15) is 9.50 Å². The lowest BCUT2D eigenvalue weighted by Gasteiger charge is -2.36. The highest BCUT2D eigenvalue weighted by molar-refractivity contribution is 5.77. The largest absolute Gasteiger partial charge is 0.369 e. The highest BCUT2D eigenvalue weighted by Crippen LogP contribution is 2.18. The van der Waals surface area contributed by atoms with Gasteiger partial charge in [0.25, 0.3) is 5.78 Å². The number of amides is 1. The summed E-state index contributed by atoms with van der Waals surface area (Å²) in [7, 11) is 0. The van der Waals surface area contributed by atoms with E-state index in [9.17, 15) is 4.79 Å². The fourth-order valence-electron chi connectivity index (χ4n) is 4.04. The van der Waals surface area contributed by atoms with Gasteiger partial charge in [0.2, 0.25) is 5.91 Å². The van der Waals surface area contributed by atoms with Gasteiger partial charge in [0.1, 0.15) is 5.82 Å². The molecule has 4 aromatic rings. The van der Waals surface area contributed by atoms with Crippen LogP contribution in [0.2, 0.25) is 0 Å². The number of pyridine rings is 1. The zero-order valence-electron chi connectivity index (χ0n) is 18.6. The molecule has 1 aliphatic heterocycles. The molecule has 1 aliphatic rings. The van der Waals surface area contributed by atoms with Crippen LogP contribution < -0.4 is 10.2 Å². The molecule has 0 aliphatic carbocycles. The number of benzene rings is 1. The molecule has 1 amide bonds. The van der Waals surface area contributed by atoms with Gasteiger partial charge < -0.3 is 15.1 Å². The van der Waals surface area contributed by atoms with E-state index in [4.69, 9.17) is 0 Å². The number of anilines is 2. The third kappa shape index (κ3) is 4.62. The molecule has 0 spiro atoms. The molecule has 1 saturated heterocycles. The van der Waals surface area contributed by atoms with E-state index in [1.54, 1.807) is 16.9 Å². The quantitative estimate of drug-likeness (QED) is 0.491. The van der Waals surface area contributed by atoms with Crippen LogP contribution >= 0.6 is 0 Å². The summed E-state index contributed by atoms with van der Waals surface area (Å²) in [5, 5.41) is 7.93. The van der Waals surface area contributed by atoms with Gasteiger partial charge in [-0.25, -0.2) is 4.98 Å². The molecule has 1 fully saturated rings. The van der Waals surface area contributed by atoms with E-state index in [2.05, 4.69) is 42.4 Å². The Morgan fingerprint density at radius 1 is 1.03 bits per heavy atom. The summed E-state index contributed by atoms with van der Waals surface area (Å²) in [5.74, 6) is 2.00. The summed E-state index contributed by atoms with van der Waals surface area (Å²) in [6.45, 7) is 5.61. The highest BCUT2D eigenvalue weighted by Gasteiger charge is 2.21. The molecule has 168 valence electrons. The van der Waals surface area contributed by atoms with Crippen molar-refractivity contribution in [3.8, 4) is 11.4 Å². The summed E-state index contributed by atoms with van der Waals surface area (Å²) < 4.78 is 1.68. The minimum absolute atomic E-state index is 0.159. The zero-order chi connectivity index (χ0) is 22.6. The van der Waals surface area contributed by atoms with Crippen molar-refractivity contribution in [3.63, 3.8) is 0 Å². The van der Waals surface area contributed by atoms with Gasteiger partial charge in [0.15, 0.2) is 5.82 Å². The van der Waals surface area contributed by atoms with Gasteiger partial charge in [-0.05, 0) is 31.2 Å². The fourth-order valence-corrected chi connectivity index (χ4v) is 4.04.